The molecule has 0 atom stereocenters. The van der Waals surface area contributed by atoms with Crippen LogP contribution >= 0.6 is 0 Å². The van der Waals surface area contributed by atoms with E-state index in [2.05, 4.69) is 37.2 Å². The lowest BCUT2D eigenvalue weighted by Crippen LogP contribution is -2.44. The number of fused-ring (bicyclic) bond motifs is 1. The largest absolute Gasteiger partial charge is 0.354 e. The fraction of sp³-hybridized carbons (Fsp3) is 0.400. The van der Waals surface area contributed by atoms with Gasteiger partial charge in [-0.1, -0.05) is 0 Å². The van der Waals surface area contributed by atoms with E-state index in [1.807, 2.05) is 33.0 Å². The highest BCUT2D eigenvalue weighted by Crippen LogP contribution is 2.23. The number of hydrogen-bond donors (Lipinski definition) is 1. The van der Waals surface area contributed by atoms with Gasteiger partial charge in [-0.15, -0.1) is 0 Å². The minimum atomic E-state index is -0.180. The van der Waals surface area contributed by atoms with E-state index in [-0.39, 0.29) is 5.91 Å². The summed E-state index contributed by atoms with van der Waals surface area (Å²) in [5.74, 6) is 0.761. The molecule has 146 valence electrons. The number of nitrogens with one attached hydrogen (secondary N) is 1. The van der Waals surface area contributed by atoms with Gasteiger partial charge in [0, 0.05) is 38.9 Å². The molecule has 1 fully saturated rings. The molecule has 0 bridgehead atoms. The molecule has 1 amide bonds. The molecular formula is C20H25N7O. The quantitative estimate of drug-likeness (QED) is 0.750. The van der Waals surface area contributed by atoms with Crippen molar-refractivity contribution in [3.63, 3.8) is 0 Å². The molecule has 8 nitrogen and oxygen atoms in total. The van der Waals surface area contributed by atoms with Gasteiger partial charge in [0.2, 0.25) is 0 Å². The van der Waals surface area contributed by atoms with Crippen molar-refractivity contribution < 1.29 is 4.79 Å². The van der Waals surface area contributed by atoms with Crippen LogP contribution in [0.3, 0.4) is 0 Å². The maximum Gasteiger partial charge on any atom is 0.256 e. The Morgan fingerprint density at radius 3 is 2.54 bits per heavy atom. The zero-order valence-electron chi connectivity index (χ0n) is 16.7. The van der Waals surface area contributed by atoms with Crippen LogP contribution in [0.1, 0.15) is 21.7 Å². The van der Waals surface area contributed by atoms with Gasteiger partial charge in [-0.2, -0.15) is 5.10 Å². The molecule has 1 saturated heterocycles. The lowest BCUT2D eigenvalue weighted by molar-refractivity contribution is 0.102. The van der Waals surface area contributed by atoms with Crippen LogP contribution in [0.5, 0.6) is 0 Å². The first-order valence-corrected chi connectivity index (χ1v) is 9.44. The van der Waals surface area contributed by atoms with E-state index in [0.29, 0.717) is 16.9 Å². The van der Waals surface area contributed by atoms with E-state index in [4.69, 9.17) is 0 Å². The second-order valence-electron chi connectivity index (χ2n) is 7.37. The molecule has 1 aliphatic heterocycles. The number of hydrogen-bond acceptors (Lipinski definition) is 6. The molecule has 0 saturated carbocycles. The highest BCUT2D eigenvalue weighted by molar-refractivity contribution is 6.12. The van der Waals surface area contributed by atoms with Crippen molar-refractivity contribution >= 4 is 28.4 Å². The minimum Gasteiger partial charge on any atom is -0.354 e. The van der Waals surface area contributed by atoms with Crippen LogP contribution < -0.4 is 10.2 Å². The van der Waals surface area contributed by atoms with E-state index in [0.717, 1.165) is 48.8 Å². The van der Waals surface area contributed by atoms with E-state index < -0.39 is 0 Å². The molecule has 0 radical (unpaired) electrons. The molecule has 0 spiro atoms. The minimum absolute atomic E-state index is 0.180. The third kappa shape index (κ3) is 3.43. The van der Waals surface area contributed by atoms with Gasteiger partial charge in [-0.05, 0) is 39.1 Å². The van der Waals surface area contributed by atoms with E-state index in [1.165, 1.54) is 0 Å². The third-order valence-corrected chi connectivity index (χ3v) is 5.17. The first-order valence-electron chi connectivity index (χ1n) is 9.44. The third-order valence-electron chi connectivity index (χ3n) is 5.17. The number of pyridine rings is 2. The van der Waals surface area contributed by atoms with E-state index in [9.17, 15) is 4.79 Å². The predicted molar refractivity (Wildman–Crippen MR) is 110 cm³/mol. The summed E-state index contributed by atoms with van der Waals surface area (Å²) in [6, 6.07) is 5.67. The Kier molecular flexibility index (Phi) is 4.72. The van der Waals surface area contributed by atoms with Crippen molar-refractivity contribution in [1.29, 1.82) is 0 Å². The number of anilines is 2. The average Bonchev–Trinajstić information content (AvgIpc) is 2.96. The molecule has 4 rings (SSSR count). The lowest BCUT2D eigenvalue weighted by atomic mass is 10.1. The van der Waals surface area contributed by atoms with Crippen molar-refractivity contribution in [3.8, 4) is 0 Å². The summed E-state index contributed by atoms with van der Waals surface area (Å²) in [6.45, 7) is 7.76. The smallest absolute Gasteiger partial charge is 0.256 e. The van der Waals surface area contributed by atoms with E-state index >= 15 is 0 Å². The Labute approximate surface area is 164 Å². The van der Waals surface area contributed by atoms with Crippen LogP contribution in [0.2, 0.25) is 0 Å². The van der Waals surface area contributed by atoms with Gasteiger partial charge < -0.3 is 15.1 Å². The Bertz CT molecular complexity index is 1020. The van der Waals surface area contributed by atoms with Gasteiger partial charge in [0.05, 0.1) is 28.5 Å². The molecule has 8 heteroatoms. The van der Waals surface area contributed by atoms with E-state index in [1.54, 1.807) is 16.9 Å². The number of carbonyl (C=O) groups is 1. The monoisotopic (exact) mass is 379 g/mol. The molecule has 28 heavy (non-hydrogen) atoms. The van der Waals surface area contributed by atoms with Gasteiger partial charge in [-0.25, -0.2) is 9.97 Å². The van der Waals surface area contributed by atoms with Gasteiger partial charge in [0.15, 0.2) is 5.65 Å². The summed E-state index contributed by atoms with van der Waals surface area (Å²) in [6.07, 6.45) is 1.72. The summed E-state index contributed by atoms with van der Waals surface area (Å²) in [5, 5.41) is 8.15. The highest BCUT2D eigenvalue weighted by atomic mass is 16.1. The summed E-state index contributed by atoms with van der Waals surface area (Å²) >= 11 is 0. The summed E-state index contributed by atoms with van der Waals surface area (Å²) < 4.78 is 1.71. The Morgan fingerprint density at radius 2 is 1.86 bits per heavy atom. The zero-order chi connectivity index (χ0) is 19.8. The van der Waals surface area contributed by atoms with Crippen LogP contribution in [-0.2, 0) is 7.05 Å². The first kappa shape index (κ1) is 18.4. The summed E-state index contributed by atoms with van der Waals surface area (Å²) in [4.78, 5) is 26.6. The number of rotatable bonds is 3. The standard InChI is InChI=1S/C20H25N7O/c1-13-11-16(18-14(2)24-26(4)19(18)22-13)20(28)23-15-5-6-17(21-12-15)27-9-7-25(3)8-10-27/h5-6,11-12H,7-10H2,1-4H3,(H,23,28). The second kappa shape index (κ2) is 7.20. The van der Waals surface area contributed by atoms with Crippen molar-refractivity contribution in [2.75, 3.05) is 43.4 Å². The van der Waals surface area contributed by atoms with Gasteiger partial charge in [0.25, 0.3) is 5.91 Å². The number of carbonyl (C=O) groups excluding carboxylic acids is 1. The molecule has 0 aromatic carbocycles. The first-order chi connectivity index (χ1) is 13.4. The molecule has 3 aromatic rings. The lowest BCUT2D eigenvalue weighted by Gasteiger charge is -2.33. The van der Waals surface area contributed by atoms with Crippen LogP contribution in [0.4, 0.5) is 11.5 Å². The number of piperazine rings is 1. The highest BCUT2D eigenvalue weighted by Gasteiger charge is 2.19. The molecule has 0 aliphatic carbocycles. The number of likely N-dealkylation sites (N-methyl/N-ethyl adjacent to an activating group) is 1. The number of aryl methyl sites for hydroxylation is 3. The normalized spacial score (nSPS) is 15.2. The fourth-order valence-electron chi connectivity index (χ4n) is 3.63. The number of aromatic nitrogens is 4. The number of nitrogens with zero attached hydrogens (tertiary/aromatic N) is 6. The molecule has 1 N–H and O–H groups in total. The van der Waals surface area contributed by atoms with Gasteiger partial charge >= 0.3 is 0 Å². The Morgan fingerprint density at radius 1 is 1.11 bits per heavy atom. The summed E-state index contributed by atoms with van der Waals surface area (Å²) in [7, 11) is 3.97. The average molecular weight is 379 g/mol. The molecular weight excluding hydrogens is 354 g/mol. The van der Waals surface area contributed by atoms with Gasteiger partial charge in [0.1, 0.15) is 5.82 Å². The van der Waals surface area contributed by atoms with Crippen molar-refractivity contribution in [2.24, 2.45) is 7.05 Å². The van der Waals surface area contributed by atoms with Crippen LogP contribution in [0.15, 0.2) is 24.4 Å². The molecule has 4 heterocycles. The molecule has 1 aliphatic rings. The van der Waals surface area contributed by atoms with Crippen molar-refractivity contribution in [3.05, 3.63) is 41.3 Å². The SMILES string of the molecule is Cc1cc(C(=O)Nc2ccc(N3CCN(C)CC3)nc2)c2c(C)nn(C)c2n1. The van der Waals surface area contributed by atoms with Crippen molar-refractivity contribution in [2.45, 2.75) is 13.8 Å². The van der Waals surface area contributed by atoms with Crippen molar-refractivity contribution in [1.82, 2.24) is 24.6 Å². The van der Waals surface area contributed by atoms with Crippen LogP contribution in [0.25, 0.3) is 11.0 Å². The summed E-state index contributed by atoms with van der Waals surface area (Å²) in [5.41, 5.74) is 3.54. The zero-order valence-corrected chi connectivity index (χ0v) is 16.7. The molecule has 3 aromatic heterocycles. The fourth-order valence-corrected chi connectivity index (χ4v) is 3.63. The predicted octanol–water partition coefficient (Wildman–Crippen LogP) is 1.98. The van der Waals surface area contributed by atoms with Crippen LogP contribution in [-0.4, -0.2) is 63.8 Å². The maximum absolute atomic E-state index is 12.9. The second-order valence-corrected chi connectivity index (χ2v) is 7.37. The van der Waals surface area contributed by atoms with Gasteiger partial charge in [-0.3, -0.25) is 9.48 Å². The number of amides is 1. The topological polar surface area (TPSA) is 79.2 Å². The Balaban J connectivity index is 1.55. The Hall–Kier alpha value is -3.00. The van der Waals surface area contributed by atoms with Crippen LogP contribution in [0, 0.1) is 13.8 Å². The molecule has 0 unspecified atom stereocenters. The maximum atomic E-state index is 12.9.